The second-order valence-corrected chi connectivity index (χ2v) is 35.2. The second-order valence-electron chi connectivity index (χ2n) is 23.8. The Bertz CT molecular complexity index is 2550. The highest BCUT2D eigenvalue weighted by Crippen LogP contribution is 2.63. The predicted molar refractivity (Wildman–Crippen MR) is 310 cm³/mol. The van der Waals surface area contributed by atoms with E-state index >= 15 is 9.59 Å². The Balaban J connectivity index is 1.62. The molecule has 2 N–H and O–H groups in total. The molecule has 3 aliphatic carbocycles. The quantitative estimate of drug-likeness (QED) is 0.0423. The number of hydrogen-bond acceptors (Lipinski definition) is 12. The zero-order valence-electron chi connectivity index (χ0n) is 48.0. The first kappa shape index (κ1) is 61.4. The molecule has 1 heterocycles. The van der Waals surface area contributed by atoms with E-state index in [4.69, 9.17) is 27.8 Å². The summed E-state index contributed by atoms with van der Waals surface area (Å²) < 4.78 is 41.9. The summed E-state index contributed by atoms with van der Waals surface area (Å²) in [6, 6.07) is 15.3. The number of ether oxygens (including phenoxy) is 4. The van der Waals surface area contributed by atoms with Crippen LogP contribution in [-0.2, 0) is 42.2 Å². The smallest absolute Gasteiger partial charge is 0.338 e. The second kappa shape index (κ2) is 23.9. The molecule has 13 nitrogen and oxygen atoms in total. The van der Waals surface area contributed by atoms with Crippen LogP contribution in [0.4, 0.5) is 0 Å². The molecule has 2 bridgehead atoms. The van der Waals surface area contributed by atoms with E-state index in [2.05, 4.69) is 96.8 Å². The van der Waals surface area contributed by atoms with Crippen molar-refractivity contribution in [2.24, 2.45) is 22.7 Å². The number of amides is 1. The Morgan fingerprint density at radius 2 is 1.50 bits per heavy atom. The minimum absolute atomic E-state index is 0.0114. The van der Waals surface area contributed by atoms with Crippen molar-refractivity contribution in [3.63, 3.8) is 0 Å². The van der Waals surface area contributed by atoms with E-state index in [1.54, 1.807) is 69.3 Å². The highest BCUT2D eigenvalue weighted by Gasteiger charge is 2.73. The van der Waals surface area contributed by atoms with E-state index in [1.807, 2.05) is 32.9 Å². The Hall–Kier alpha value is -3.79. The van der Waals surface area contributed by atoms with Gasteiger partial charge in [0, 0.05) is 39.7 Å². The molecule has 11 atom stereocenters. The van der Waals surface area contributed by atoms with Crippen LogP contribution in [-0.4, -0.2) is 106 Å². The molecule has 1 aliphatic heterocycles. The number of rotatable bonds is 20. The molecule has 0 unspecified atom stereocenters. The van der Waals surface area contributed by atoms with E-state index in [9.17, 15) is 19.5 Å². The van der Waals surface area contributed by atoms with Gasteiger partial charge in [0.2, 0.25) is 8.32 Å². The molecular weight excluding hydrogens is 1110 g/mol. The van der Waals surface area contributed by atoms with Crippen molar-refractivity contribution in [1.82, 2.24) is 5.32 Å². The van der Waals surface area contributed by atoms with Gasteiger partial charge in [-0.25, -0.2) is 9.59 Å². The van der Waals surface area contributed by atoms with E-state index in [0.29, 0.717) is 17.6 Å². The molecule has 0 radical (unpaired) electrons. The molecule has 2 aromatic rings. The maximum absolute atomic E-state index is 16.4. The maximum atomic E-state index is 16.4. The van der Waals surface area contributed by atoms with Crippen LogP contribution in [0.25, 0.3) is 6.08 Å². The van der Waals surface area contributed by atoms with Gasteiger partial charge in [0.15, 0.2) is 26.3 Å². The molecule has 0 aromatic heterocycles. The van der Waals surface area contributed by atoms with Crippen LogP contribution in [0, 0.1) is 26.2 Å². The summed E-state index contributed by atoms with van der Waals surface area (Å²) in [7, 11) is -5.48. The number of esters is 3. The molecule has 16 heteroatoms. The molecule has 76 heavy (non-hydrogen) atoms. The third kappa shape index (κ3) is 11.3. The monoisotopic (exact) mass is 1200 g/mol. The van der Waals surface area contributed by atoms with Gasteiger partial charge in [-0.15, -0.1) is 0 Å². The number of carbonyl (C=O) groups excluding carboxylic acids is 5. The topological polar surface area (TPSA) is 173 Å². The van der Waals surface area contributed by atoms with E-state index in [1.165, 1.54) is 6.92 Å². The zero-order valence-corrected chi connectivity index (χ0v) is 52.1. The molecule has 3 fully saturated rings. The minimum atomic E-state index is -2.98. The number of carbonyl (C=O) groups is 5. The number of ketones is 1. The Labute approximate surface area is 468 Å². The van der Waals surface area contributed by atoms with Crippen molar-refractivity contribution in [2.45, 2.75) is 207 Å². The minimum Gasteiger partial charge on any atom is -0.456 e. The van der Waals surface area contributed by atoms with Gasteiger partial charge in [-0.05, 0) is 139 Å². The van der Waals surface area contributed by atoms with E-state index < -0.39 is 117 Å². The lowest BCUT2D eigenvalue weighted by Gasteiger charge is -2.65. The zero-order chi connectivity index (χ0) is 56.6. The average molecular weight is 1200 g/mol. The highest BCUT2D eigenvalue weighted by molar-refractivity contribution is 14.1. The van der Waals surface area contributed by atoms with Crippen LogP contribution < -0.4 is 5.32 Å². The molecular formula is C60H86INO12Si2. The van der Waals surface area contributed by atoms with Gasteiger partial charge in [-0.2, -0.15) is 0 Å². The first-order chi connectivity index (χ1) is 35.5. The summed E-state index contributed by atoms with van der Waals surface area (Å²) >= 11 is 2.14. The first-order valence-corrected chi connectivity index (χ1v) is 33.3. The van der Waals surface area contributed by atoms with E-state index in [0.717, 1.165) is 32.8 Å². The molecule has 418 valence electrons. The third-order valence-corrected chi connectivity index (χ3v) is 29.6. The SMILES string of the molecule is C=Cc1cccc(C(=O)N[C@@H](C=C(C)C)[C@@H](O[Si](C(C)C)(C(C)C)C(C)C)C(=O)O[C@H]2C[C@@]3(O)[C@@H](OC(=O)c4cccc(I)c4)[C@@H]4[C@@H]5CO[C@@H]5C[C@H](O[Si](CC)(CC)CC)[C@@]4(C)C(=O)[C@H](OC(C)=O)C(=C2C)C3(C)C)c1. The van der Waals surface area contributed by atoms with E-state index in [-0.39, 0.29) is 40.8 Å². The molecule has 1 amide bonds. The van der Waals surface area contributed by atoms with Crippen molar-refractivity contribution >= 4 is 74.9 Å². The fourth-order valence-electron chi connectivity index (χ4n) is 13.8. The van der Waals surface area contributed by atoms with Crippen molar-refractivity contribution in [1.29, 1.82) is 0 Å². The van der Waals surface area contributed by atoms with Gasteiger partial charge in [0.25, 0.3) is 5.91 Å². The van der Waals surface area contributed by atoms with Crippen LogP contribution in [0.15, 0.2) is 77.9 Å². The lowest BCUT2D eigenvalue weighted by molar-refractivity contribution is -0.275. The normalized spacial score (nSPS) is 28.0. The summed E-state index contributed by atoms with van der Waals surface area (Å²) in [5, 5.41) is 17.5. The molecule has 4 aliphatic rings. The van der Waals surface area contributed by atoms with Crippen LogP contribution in [0.2, 0.25) is 34.8 Å². The number of aliphatic hydroxyl groups is 1. The molecule has 2 saturated carbocycles. The Morgan fingerprint density at radius 1 is 0.895 bits per heavy atom. The Kier molecular flexibility index (Phi) is 19.3. The standard InChI is InChI=1S/C60H86INO12Si2/c1-18-40-24-22-25-41(29-40)55(65)62-45(28-34(5)6)51(74-76(35(7)8,36(9)10)37(11)12)57(67)71-47-32-60(68)54(72-56(66)42-26-23-27-43(61)30-42)50-44-33-69-46(44)31-48(73-75(19-2,20-3)21-4)59(50,17)53(64)52(70-39(14)63)49(38(47)13)58(60,15)16/h18,22-30,35-37,44-48,50-52,54,68H,1,19-21,31-33H2,2-17H3,(H,62,65)/t44-,45+,46-,47+,48+,50+,51-,52-,54+,59-,60-/m1/s1. The van der Waals surface area contributed by atoms with Gasteiger partial charge in [0.1, 0.15) is 17.8 Å². The summed E-state index contributed by atoms with van der Waals surface area (Å²) in [5.74, 6) is -4.45. The summed E-state index contributed by atoms with van der Waals surface area (Å²) in [6.45, 7) is 35.2. The van der Waals surface area contributed by atoms with Crippen LogP contribution in [0.3, 0.4) is 0 Å². The van der Waals surface area contributed by atoms with Gasteiger partial charge in [-0.1, -0.05) is 119 Å². The molecule has 6 rings (SSSR count). The fraction of sp³-hybridized carbons (Fsp3) is 0.617. The van der Waals surface area contributed by atoms with Crippen LogP contribution in [0.1, 0.15) is 150 Å². The fourth-order valence-corrected chi connectivity index (χ4v) is 22.8. The number of benzene rings is 2. The van der Waals surface area contributed by atoms with Crippen LogP contribution >= 0.6 is 22.6 Å². The predicted octanol–water partition coefficient (Wildman–Crippen LogP) is 12.1. The average Bonchev–Trinajstić information content (AvgIpc) is 3.34. The number of nitrogens with one attached hydrogen (secondary N) is 1. The van der Waals surface area contributed by atoms with Gasteiger partial charge in [0.05, 0.1) is 35.8 Å². The largest absolute Gasteiger partial charge is 0.456 e. The van der Waals surface area contributed by atoms with Crippen molar-refractivity contribution in [3.05, 3.63) is 98.2 Å². The summed E-state index contributed by atoms with van der Waals surface area (Å²) in [4.78, 5) is 75.1. The number of fused-ring (bicyclic) bond motifs is 5. The molecule has 0 spiro atoms. The third-order valence-electron chi connectivity index (χ3n) is 18.2. The van der Waals surface area contributed by atoms with Crippen molar-refractivity contribution < 1.29 is 56.9 Å². The maximum Gasteiger partial charge on any atom is 0.338 e. The van der Waals surface area contributed by atoms with Gasteiger partial charge < -0.3 is 38.2 Å². The van der Waals surface area contributed by atoms with Gasteiger partial charge >= 0.3 is 17.9 Å². The number of hydrogen-bond donors (Lipinski definition) is 2. The molecule has 2 aromatic carbocycles. The molecule has 1 saturated heterocycles. The van der Waals surface area contributed by atoms with Crippen molar-refractivity contribution in [3.8, 4) is 0 Å². The lowest BCUT2D eigenvalue weighted by Crippen LogP contribution is -2.75. The first-order valence-electron chi connectivity index (χ1n) is 27.5. The Morgan fingerprint density at radius 3 is 2.03 bits per heavy atom. The summed E-state index contributed by atoms with van der Waals surface area (Å²) in [6.07, 6.45) is -3.30. The lowest BCUT2D eigenvalue weighted by atomic mass is 9.46. The highest BCUT2D eigenvalue weighted by atomic mass is 127. The number of halogens is 1. The number of Topliss-reactive ketones (excluding diaryl/α,β-unsaturated/α-hetero) is 1. The summed E-state index contributed by atoms with van der Waals surface area (Å²) in [5.41, 5.74) is -2.26. The van der Waals surface area contributed by atoms with Gasteiger partial charge in [-0.3, -0.25) is 14.4 Å². The van der Waals surface area contributed by atoms with Crippen LogP contribution in [0.5, 0.6) is 0 Å². The number of allylic oxidation sites excluding steroid dienone is 1. The van der Waals surface area contributed by atoms with Crippen molar-refractivity contribution in [2.75, 3.05) is 6.61 Å².